The van der Waals surface area contributed by atoms with Crippen LogP contribution in [0.5, 0.6) is 5.75 Å². The molecule has 116 valence electrons. The predicted molar refractivity (Wildman–Crippen MR) is 79.2 cm³/mol. The molecule has 0 aliphatic rings. The smallest absolute Gasteiger partial charge is 0.478 e. The van der Waals surface area contributed by atoms with Crippen LogP contribution in [-0.2, 0) is 18.4 Å². The number of hydrogen-bond acceptors (Lipinski definition) is 5. The Bertz CT molecular complexity index is 539. The quantitative estimate of drug-likeness (QED) is 0.581. The monoisotopic (exact) mass is 314 g/mol. The summed E-state index contributed by atoms with van der Waals surface area (Å²) in [6.45, 7) is 5.48. The standard InChI is InChI=1S/C14H19O6P/c1-4-18-21(17,19-5-2)20-13-8-6-12(7-9-13)11(3)10-14(15)16/h6-10H,4-5H2,1-3H3,(H,15,16). The molecule has 0 saturated heterocycles. The topological polar surface area (TPSA) is 82.1 Å². The Kier molecular flexibility index (Phi) is 6.62. The summed E-state index contributed by atoms with van der Waals surface area (Å²) in [6.07, 6.45) is 1.11. The number of hydrogen-bond donors (Lipinski definition) is 1. The number of benzene rings is 1. The minimum absolute atomic E-state index is 0.204. The molecular formula is C14H19O6P. The van der Waals surface area contributed by atoms with E-state index in [2.05, 4.69) is 0 Å². The third kappa shape index (κ3) is 5.71. The van der Waals surface area contributed by atoms with Gasteiger partial charge < -0.3 is 9.63 Å². The molecule has 0 aliphatic heterocycles. The minimum Gasteiger partial charge on any atom is -0.478 e. The molecule has 6 nitrogen and oxygen atoms in total. The van der Waals surface area contributed by atoms with Crippen LogP contribution in [0.3, 0.4) is 0 Å². The van der Waals surface area contributed by atoms with E-state index in [4.69, 9.17) is 18.7 Å². The average molecular weight is 314 g/mol. The number of carbonyl (C=O) groups is 1. The van der Waals surface area contributed by atoms with E-state index in [9.17, 15) is 9.36 Å². The number of carboxylic acids is 1. The molecule has 0 bridgehead atoms. The summed E-state index contributed by atoms with van der Waals surface area (Å²) in [7, 11) is -3.61. The lowest BCUT2D eigenvalue weighted by molar-refractivity contribution is -0.131. The maximum absolute atomic E-state index is 12.2. The highest BCUT2D eigenvalue weighted by molar-refractivity contribution is 7.48. The van der Waals surface area contributed by atoms with E-state index >= 15 is 0 Å². The molecular weight excluding hydrogens is 295 g/mol. The Hall–Kier alpha value is -1.62. The summed E-state index contributed by atoms with van der Waals surface area (Å²) in [6, 6.07) is 6.51. The summed E-state index contributed by atoms with van der Waals surface area (Å²) >= 11 is 0. The van der Waals surface area contributed by atoms with Crippen molar-refractivity contribution in [3.05, 3.63) is 35.9 Å². The van der Waals surface area contributed by atoms with Gasteiger partial charge in [0, 0.05) is 6.08 Å². The van der Waals surface area contributed by atoms with E-state index in [0.29, 0.717) is 11.3 Å². The molecule has 0 unspecified atom stereocenters. The van der Waals surface area contributed by atoms with Crippen LogP contribution in [0.2, 0.25) is 0 Å². The molecule has 0 saturated carbocycles. The van der Waals surface area contributed by atoms with Crippen LogP contribution in [0.15, 0.2) is 30.3 Å². The van der Waals surface area contributed by atoms with Gasteiger partial charge in [-0.05, 0) is 44.0 Å². The van der Waals surface area contributed by atoms with Gasteiger partial charge in [-0.15, -0.1) is 0 Å². The fourth-order valence-electron chi connectivity index (χ4n) is 1.58. The minimum atomic E-state index is -3.61. The van der Waals surface area contributed by atoms with Gasteiger partial charge in [-0.3, -0.25) is 9.05 Å². The predicted octanol–water partition coefficient (Wildman–Crippen LogP) is 3.73. The normalized spacial score (nSPS) is 12.2. The molecule has 7 heteroatoms. The molecule has 0 spiro atoms. The zero-order valence-corrected chi connectivity index (χ0v) is 13.1. The Balaban J connectivity index is 2.87. The molecule has 0 heterocycles. The average Bonchev–Trinajstić information content (AvgIpc) is 2.39. The molecule has 1 aromatic rings. The number of allylic oxidation sites excluding steroid dienone is 1. The van der Waals surface area contributed by atoms with Crippen molar-refractivity contribution in [3.8, 4) is 5.75 Å². The highest BCUT2D eigenvalue weighted by atomic mass is 31.2. The van der Waals surface area contributed by atoms with Crippen LogP contribution in [0.1, 0.15) is 26.3 Å². The zero-order chi connectivity index (χ0) is 15.9. The van der Waals surface area contributed by atoms with Crippen molar-refractivity contribution in [2.75, 3.05) is 13.2 Å². The van der Waals surface area contributed by atoms with Crippen molar-refractivity contribution >= 4 is 19.4 Å². The number of phosphoric ester groups is 1. The summed E-state index contributed by atoms with van der Waals surface area (Å²) in [5, 5.41) is 8.70. The first-order valence-electron chi connectivity index (χ1n) is 6.50. The molecule has 0 fully saturated rings. The molecule has 1 N–H and O–H groups in total. The maximum atomic E-state index is 12.2. The molecule has 0 radical (unpaired) electrons. The van der Waals surface area contributed by atoms with E-state index in [1.54, 1.807) is 45.0 Å². The van der Waals surface area contributed by atoms with E-state index in [1.807, 2.05) is 0 Å². The lowest BCUT2D eigenvalue weighted by Crippen LogP contribution is -2.02. The number of aliphatic carboxylic acids is 1. The van der Waals surface area contributed by atoms with E-state index < -0.39 is 13.8 Å². The number of phosphoric acid groups is 1. The largest absolute Gasteiger partial charge is 0.530 e. The second-order valence-electron chi connectivity index (χ2n) is 4.06. The first-order chi connectivity index (χ1) is 9.90. The first kappa shape index (κ1) is 17.4. The molecule has 0 aromatic heterocycles. The van der Waals surface area contributed by atoms with E-state index in [-0.39, 0.29) is 13.2 Å². The second-order valence-corrected chi connectivity index (χ2v) is 5.66. The Labute approximate surface area is 124 Å². The third-order valence-corrected chi connectivity index (χ3v) is 4.02. The fourth-order valence-corrected chi connectivity index (χ4v) is 2.77. The molecule has 1 rings (SSSR count). The van der Waals surface area contributed by atoms with Gasteiger partial charge in [0.15, 0.2) is 0 Å². The van der Waals surface area contributed by atoms with Crippen LogP contribution in [0, 0.1) is 0 Å². The number of carboxylic acid groups (broad SMARTS) is 1. The van der Waals surface area contributed by atoms with Gasteiger partial charge in [0.05, 0.1) is 13.2 Å². The molecule has 0 amide bonds. The van der Waals surface area contributed by atoms with Gasteiger partial charge in [-0.1, -0.05) is 12.1 Å². The van der Waals surface area contributed by atoms with Crippen LogP contribution >= 0.6 is 7.82 Å². The van der Waals surface area contributed by atoms with Crippen molar-refractivity contribution in [2.24, 2.45) is 0 Å². The van der Waals surface area contributed by atoms with Gasteiger partial charge in [0.1, 0.15) is 5.75 Å². The fraction of sp³-hybridized carbons (Fsp3) is 0.357. The third-order valence-electron chi connectivity index (χ3n) is 2.44. The van der Waals surface area contributed by atoms with Crippen LogP contribution in [-0.4, -0.2) is 24.3 Å². The maximum Gasteiger partial charge on any atom is 0.530 e. The van der Waals surface area contributed by atoms with Gasteiger partial charge in [-0.2, -0.15) is 0 Å². The van der Waals surface area contributed by atoms with Gasteiger partial charge in [0.2, 0.25) is 0 Å². The van der Waals surface area contributed by atoms with Gasteiger partial charge >= 0.3 is 13.8 Å². The van der Waals surface area contributed by atoms with Crippen molar-refractivity contribution < 1.29 is 28.0 Å². The zero-order valence-electron chi connectivity index (χ0n) is 12.2. The van der Waals surface area contributed by atoms with Crippen LogP contribution in [0.25, 0.3) is 5.57 Å². The van der Waals surface area contributed by atoms with Gasteiger partial charge in [0.25, 0.3) is 0 Å². The number of rotatable bonds is 8. The SMILES string of the molecule is CCOP(=O)(OCC)Oc1ccc(C(C)=CC(=O)O)cc1. The second kappa shape index (κ2) is 7.98. The lowest BCUT2D eigenvalue weighted by Gasteiger charge is -2.17. The van der Waals surface area contributed by atoms with E-state index in [0.717, 1.165) is 11.6 Å². The van der Waals surface area contributed by atoms with Crippen molar-refractivity contribution in [2.45, 2.75) is 20.8 Å². The summed E-state index contributed by atoms with van der Waals surface area (Å²) in [4.78, 5) is 10.6. The Morgan fingerprint density at radius 1 is 1.19 bits per heavy atom. The molecule has 21 heavy (non-hydrogen) atoms. The molecule has 0 atom stereocenters. The van der Waals surface area contributed by atoms with Gasteiger partial charge in [-0.25, -0.2) is 9.36 Å². The van der Waals surface area contributed by atoms with Crippen molar-refractivity contribution in [1.29, 1.82) is 0 Å². The highest BCUT2D eigenvalue weighted by Gasteiger charge is 2.27. The first-order valence-corrected chi connectivity index (χ1v) is 7.96. The Morgan fingerprint density at radius 3 is 2.14 bits per heavy atom. The van der Waals surface area contributed by atoms with Crippen molar-refractivity contribution in [1.82, 2.24) is 0 Å². The summed E-state index contributed by atoms with van der Waals surface area (Å²) < 4.78 is 27.5. The highest BCUT2D eigenvalue weighted by Crippen LogP contribution is 2.49. The summed E-state index contributed by atoms with van der Waals surface area (Å²) in [5.41, 5.74) is 1.33. The van der Waals surface area contributed by atoms with Crippen LogP contribution in [0.4, 0.5) is 0 Å². The summed E-state index contributed by atoms with van der Waals surface area (Å²) in [5.74, 6) is -0.683. The van der Waals surface area contributed by atoms with Crippen LogP contribution < -0.4 is 4.52 Å². The van der Waals surface area contributed by atoms with Crippen molar-refractivity contribution in [3.63, 3.8) is 0 Å². The molecule has 1 aromatic carbocycles. The Morgan fingerprint density at radius 2 is 1.71 bits per heavy atom. The lowest BCUT2D eigenvalue weighted by atomic mass is 10.1. The van der Waals surface area contributed by atoms with E-state index in [1.165, 1.54) is 0 Å². The molecule has 0 aliphatic carbocycles.